The molecule has 0 unspecified atom stereocenters. The van der Waals surface area contributed by atoms with Gasteiger partial charge in [0.25, 0.3) is 0 Å². The van der Waals surface area contributed by atoms with E-state index >= 15 is 0 Å². The Hall–Kier alpha value is -3.90. The lowest BCUT2D eigenvalue weighted by molar-refractivity contribution is 0.702. The maximum atomic E-state index is 7.83. The van der Waals surface area contributed by atoms with Crippen molar-refractivity contribution in [3.05, 3.63) is 95.1 Å². The molecule has 4 aromatic rings. The maximum absolute atomic E-state index is 7.83. The van der Waals surface area contributed by atoms with Crippen LogP contribution in [-0.2, 0) is 12.5 Å². The third-order valence-electron chi connectivity index (χ3n) is 5.41. The lowest BCUT2D eigenvalue weighted by Crippen LogP contribution is -1.91. The van der Waals surface area contributed by atoms with Crippen molar-refractivity contribution in [2.75, 3.05) is 22.9 Å². The summed E-state index contributed by atoms with van der Waals surface area (Å²) in [4.78, 5) is 0. The van der Waals surface area contributed by atoms with Crippen LogP contribution in [0.2, 0.25) is 0 Å². The highest BCUT2D eigenvalue weighted by Crippen LogP contribution is 2.27. The molecule has 34 heavy (non-hydrogen) atoms. The average molecular weight is 473 g/mol. The first kappa shape index (κ1) is 26.4. The fourth-order valence-corrected chi connectivity index (χ4v) is 3.67. The van der Waals surface area contributed by atoms with Gasteiger partial charge in [0.2, 0.25) is 0 Å². The molecule has 0 spiro atoms. The number of anilines is 4. The first-order valence-electron chi connectivity index (χ1n) is 10.8. The van der Waals surface area contributed by atoms with Crippen LogP contribution in [0.15, 0.2) is 72.8 Å². The molecule has 176 valence electrons. The molecule has 0 atom stereocenters. The molecule has 0 heterocycles. The minimum atomic E-state index is 0.796. The number of rotatable bonds is 2. The lowest BCUT2D eigenvalue weighted by atomic mass is 10.0. The van der Waals surface area contributed by atoms with Gasteiger partial charge in [0, 0.05) is 22.7 Å². The quantitative estimate of drug-likeness (QED) is 0.268. The van der Waals surface area contributed by atoms with Gasteiger partial charge in [-0.25, -0.2) is 0 Å². The summed E-state index contributed by atoms with van der Waals surface area (Å²) in [5.41, 5.74) is 35.6. The van der Waals surface area contributed by atoms with E-state index in [-0.39, 0.29) is 0 Å². The molecule has 0 aliphatic rings. The Kier molecular flexibility index (Phi) is 9.16. The smallest absolute Gasteiger partial charge is 0.197 e. The Morgan fingerprint density at radius 3 is 1.12 bits per heavy atom. The van der Waals surface area contributed by atoms with Gasteiger partial charge in [-0.2, -0.15) is 4.21 Å². The van der Waals surface area contributed by atoms with Crippen molar-refractivity contribution in [1.29, 1.82) is 0 Å². The van der Waals surface area contributed by atoms with Crippen LogP contribution in [0.1, 0.15) is 22.3 Å². The fraction of sp³-hybridized carbons (Fsp3) is 0.143. The Morgan fingerprint density at radius 1 is 0.471 bits per heavy atom. The second kappa shape index (κ2) is 11.8. The van der Waals surface area contributed by atoms with Crippen molar-refractivity contribution in [1.82, 2.24) is 0 Å². The Balaban J connectivity index is 0.000000224. The molecule has 0 aliphatic carbocycles. The molecular formula is C28H32N4OS. The molecule has 0 saturated carbocycles. The van der Waals surface area contributed by atoms with E-state index in [1.54, 1.807) is 0 Å². The van der Waals surface area contributed by atoms with Gasteiger partial charge < -0.3 is 22.9 Å². The van der Waals surface area contributed by atoms with Crippen LogP contribution in [0.3, 0.4) is 0 Å². The number of nitrogens with two attached hydrogens (primary N) is 4. The van der Waals surface area contributed by atoms with Crippen molar-refractivity contribution in [2.45, 2.75) is 27.7 Å². The Morgan fingerprint density at radius 2 is 0.824 bits per heavy atom. The molecule has 8 N–H and O–H groups in total. The summed E-state index contributed by atoms with van der Waals surface area (Å²) in [6.45, 7) is 8.12. The zero-order chi connectivity index (χ0) is 25.4. The van der Waals surface area contributed by atoms with E-state index in [9.17, 15) is 0 Å². The highest BCUT2D eigenvalue weighted by atomic mass is 32.1. The minimum absolute atomic E-state index is 0.796. The Bertz CT molecular complexity index is 1150. The predicted molar refractivity (Wildman–Crippen MR) is 148 cm³/mol. The highest BCUT2D eigenvalue weighted by molar-refractivity contribution is 7.44. The summed E-state index contributed by atoms with van der Waals surface area (Å²) >= 11 is 2.83. The molecular weight excluding hydrogens is 440 g/mol. The second-order valence-corrected chi connectivity index (χ2v) is 8.41. The van der Waals surface area contributed by atoms with E-state index in [0.717, 1.165) is 56.1 Å². The van der Waals surface area contributed by atoms with Gasteiger partial charge in [-0.05, 0) is 121 Å². The van der Waals surface area contributed by atoms with Crippen molar-refractivity contribution in [2.24, 2.45) is 0 Å². The van der Waals surface area contributed by atoms with Gasteiger partial charge in [-0.3, -0.25) is 0 Å². The van der Waals surface area contributed by atoms with Crippen LogP contribution in [0.4, 0.5) is 22.7 Å². The van der Waals surface area contributed by atoms with E-state index in [1.807, 2.05) is 76.2 Å². The van der Waals surface area contributed by atoms with Gasteiger partial charge in [-0.15, -0.1) is 0 Å². The molecule has 6 heteroatoms. The van der Waals surface area contributed by atoms with Crippen LogP contribution < -0.4 is 22.9 Å². The molecule has 0 bridgehead atoms. The summed E-state index contributed by atoms with van der Waals surface area (Å²) in [5, 5.41) is 0. The van der Waals surface area contributed by atoms with Gasteiger partial charge in [-0.1, -0.05) is 24.3 Å². The van der Waals surface area contributed by atoms with Gasteiger partial charge >= 0.3 is 0 Å². The number of hydrogen-bond acceptors (Lipinski definition) is 6. The molecule has 0 radical (unpaired) electrons. The van der Waals surface area contributed by atoms with Gasteiger partial charge in [0.15, 0.2) is 12.5 Å². The largest absolute Gasteiger partial charge is 0.399 e. The first-order chi connectivity index (χ1) is 16.1. The van der Waals surface area contributed by atoms with Crippen LogP contribution in [0.5, 0.6) is 0 Å². The number of aryl methyl sites for hydroxylation is 4. The Labute approximate surface area is 207 Å². The normalized spacial score (nSPS) is 9.88. The van der Waals surface area contributed by atoms with Crippen LogP contribution in [0, 0.1) is 27.7 Å². The fourth-order valence-electron chi connectivity index (χ4n) is 3.67. The van der Waals surface area contributed by atoms with Gasteiger partial charge in [0.05, 0.1) is 0 Å². The zero-order valence-electron chi connectivity index (χ0n) is 20.1. The highest BCUT2D eigenvalue weighted by Gasteiger charge is 2.03. The first-order valence-corrected chi connectivity index (χ1v) is 11.1. The molecule has 4 rings (SSSR count). The topological polar surface area (TPSA) is 121 Å². The zero-order valence-corrected chi connectivity index (χ0v) is 20.9. The average Bonchev–Trinajstić information content (AvgIpc) is 2.78. The predicted octanol–water partition coefficient (Wildman–Crippen LogP) is 5.93. The summed E-state index contributed by atoms with van der Waals surface area (Å²) in [6.07, 6.45) is 0. The summed E-state index contributed by atoms with van der Waals surface area (Å²) in [7, 11) is 0. The SMILES string of the molecule is Cc1cc(N)cc(-c2ccc(N)c(C)c2)c1.Cc1cc(N)cc(-c2ccc(N)c(C)c2)c1.O=S. The van der Waals surface area contributed by atoms with Crippen molar-refractivity contribution in [3.8, 4) is 22.3 Å². The third kappa shape index (κ3) is 7.05. The summed E-state index contributed by atoms with van der Waals surface area (Å²) in [5.74, 6) is 0. The molecule has 4 aromatic carbocycles. The monoisotopic (exact) mass is 472 g/mol. The van der Waals surface area contributed by atoms with Crippen molar-refractivity contribution in [3.63, 3.8) is 0 Å². The second-order valence-electron chi connectivity index (χ2n) is 8.41. The van der Waals surface area contributed by atoms with E-state index in [4.69, 9.17) is 27.1 Å². The standard InChI is InChI=1S/2C14H16N2.OS/c2*1-9-5-12(8-13(15)6-9)11-3-4-14(16)10(2)7-11;1-2/h2*3-8H,15-16H2,1-2H3;. The summed E-state index contributed by atoms with van der Waals surface area (Å²) in [6, 6.07) is 24.2. The molecule has 0 aliphatic heterocycles. The van der Waals surface area contributed by atoms with Crippen molar-refractivity contribution >= 4 is 35.3 Å². The van der Waals surface area contributed by atoms with E-state index < -0.39 is 0 Å². The summed E-state index contributed by atoms with van der Waals surface area (Å²) < 4.78 is 7.83. The van der Waals surface area contributed by atoms with Crippen LogP contribution in [0.25, 0.3) is 22.3 Å². The lowest BCUT2D eigenvalue weighted by Gasteiger charge is -2.07. The van der Waals surface area contributed by atoms with Crippen LogP contribution >= 0.6 is 0 Å². The number of hydrogen-bond donors (Lipinski definition) is 4. The van der Waals surface area contributed by atoms with E-state index in [1.165, 1.54) is 11.1 Å². The van der Waals surface area contributed by atoms with Crippen molar-refractivity contribution < 1.29 is 4.21 Å². The maximum Gasteiger partial charge on any atom is 0.197 e. The van der Waals surface area contributed by atoms with E-state index in [0.29, 0.717) is 0 Å². The third-order valence-corrected chi connectivity index (χ3v) is 5.41. The number of benzene rings is 4. The van der Waals surface area contributed by atoms with Crippen LogP contribution in [-0.4, -0.2) is 4.21 Å². The molecule has 0 saturated heterocycles. The molecule has 5 nitrogen and oxygen atoms in total. The molecule has 0 amide bonds. The molecule has 0 fully saturated rings. The van der Waals surface area contributed by atoms with E-state index in [2.05, 4.69) is 36.8 Å². The number of nitrogen functional groups attached to an aromatic ring is 4. The van der Waals surface area contributed by atoms with Gasteiger partial charge in [0.1, 0.15) is 0 Å². The minimum Gasteiger partial charge on any atom is -0.399 e. The molecule has 0 aromatic heterocycles.